The normalized spacial score (nSPS) is 12.9. The first-order chi connectivity index (χ1) is 9.49. The van der Waals surface area contributed by atoms with E-state index in [0.29, 0.717) is 17.4 Å². The molecule has 0 amide bonds. The molecule has 1 N–H and O–H groups in total. The van der Waals surface area contributed by atoms with Crippen LogP contribution < -0.4 is 5.32 Å². The zero-order valence-corrected chi connectivity index (χ0v) is 12.4. The van der Waals surface area contributed by atoms with Gasteiger partial charge in [-0.2, -0.15) is 4.68 Å². The van der Waals surface area contributed by atoms with E-state index < -0.39 is 5.82 Å². The molecule has 2 aromatic rings. The summed E-state index contributed by atoms with van der Waals surface area (Å²) in [4.78, 5) is 0. The Kier molecular flexibility index (Phi) is 4.67. The van der Waals surface area contributed by atoms with Gasteiger partial charge >= 0.3 is 0 Å². The van der Waals surface area contributed by atoms with E-state index in [1.165, 1.54) is 16.8 Å². The lowest BCUT2D eigenvalue weighted by molar-refractivity contribution is 0.474. The molecule has 0 saturated heterocycles. The van der Waals surface area contributed by atoms with Crippen LogP contribution in [0.3, 0.4) is 0 Å². The molecular formula is C13H17ClFN5. The maximum atomic E-state index is 13.5. The zero-order chi connectivity index (χ0) is 14.7. The number of halogens is 2. The molecule has 0 aliphatic rings. The maximum absolute atomic E-state index is 13.5. The lowest BCUT2D eigenvalue weighted by Gasteiger charge is -2.15. The van der Waals surface area contributed by atoms with E-state index in [9.17, 15) is 4.39 Å². The molecule has 0 spiro atoms. The molecule has 0 saturated carbocycles. The van der Waals surface area contributed by atoms with Crippen molar-refractivity contribution in [1.29, 1.82) is 0 Å². The van der Waals surface area contributed by atoms with E-state index in [-0.39, 0.29) is 11.1 Å². The lowest BCUT2D eigenvalue weighted by Crippen LogP contribution is -2.25. The second-order valence-corrected chi connectivity index (χ2v) is 5.48. The third-order valence-electron chi connectivity index (χ3n) is 2.86. The van der Waals surface area contributed by atoms with Gasteiger partial charge in [-0.3, -0.25) is 0 Å². The van der Waals surface area contributed by atoms with Crippen molar-refractivity contribution < 1.29 is 4.39 Å². The number of hydrogen-bond acceptors (Lipinski definition) is 4. The molecule has 108 valence electrons. The molecule has 2 rings (SSSR count). The van der Waals surface area contributed by atoms with Gasteiger partial charge in [-0.1, -0.05) is 25.4 Å². The van der Waals surface area contributed by atoms with Crippen LogP contribution in [0.2, 0.25) is 5.02 Å². The second kappa shape index (κ2) is 6.28. The minimum atomic E-state index is -0.492. The van der Waals surface area contributed by atoms with Gasteiger partial charge in [0, 0.05) is 6.07 Å². The Labute approximate surface area is 122 Å². The minimum absolute atomic E-state index is 0.0360. The largest absolute Gasteiger partial charge is 0.307 e. The summed E-state index contributed by atoms with van der Waals surface area (Å²) < 4.78 is 15.0. The van der Waals surface area contributed by atoms with Crippen LogP contribution in [0.5, 0.6) is 0 Å². The van der Waals surface area contributed by atoms with Gasteiger partial charge in [0.05, 0.1) is 16.8 Å². The van der Waals surface area contributed by atoms with Gasteiger partial charge in [-0.25, -0.2) is 4.39 Å². The van der Waals surface area contributed by atoms with Crippen LogP contribution in [0, 0.1) is 11.7 Å². The fraction of sp³-hybridized carbons (Fsp3) is 0.462. The number of tetrazole rings is 1. The first-order valence-corrected chi connectivity index (χ1v) is 6.84. The smallest absolute Gasteiger partial charge is 0.173 e. The van der Waals surface area contributed by atoms with Crippen LogP contribution in [-0.4, -0.2) is 26.8 Å². The Morgan fingerprint density at radius 1 is 1.35 bits per heavy atom. The molecule has 1 aromatic heterocycles. The van der Waals surface area contributed by atoms with Crippen molar-refractivity contribution in [2.45, 2.75) is 26.8 Å². The number of hydrogen-bond donors (Lipinski definition) is 1. The highest BCUT2D eigenvalue weighted by molar-refractivity contribution is 6.30. The molecule has 0 fully saturated rings. The van der Waals surface area contributed by atoms with Gasteiger partial charge in [0.25, 0.3) is 0 Å². The predicted octanol–water partition coefficient (Wildman–Crippen LogP) is 2.76. The third-order valence-corrected chi connectivity index (χ3v) is 3.17. The van der Waals surface area contributed by atoms with Crippen molar-refractivity contribution in [3.8, 4) is 5.69 Å². The van der Waals surface area contributed by atoms with E-state index in [1.807, 2.05) is 6.92 Å². The zero-order valence-electron chi connectivity index (χ0n) is 11.6. The monoisotopic (exact) mass is 297 g/mol. The van der Waals surface area contributed by atoms with Crippen LogP contribution >= 0.6 is 11.6 Å². The van der Waals surface area contributed by atoms with Crippen molar-refractivity contribution in [2.75, 3.05) is 6.54 Å². The highest BCUT2D eigenvalue weighted by Gasteiger charge is 2.16. The maximum Gasteiger partial charge on any atom is 0.173 e. The molecule has 5 nitrogen and oxygen atoms in total. The Bertz CT molecular complexity index is 584. The Morgan fingerprint density at radius 2 is 2.10 bits per heavy atom. The van der Waals surface area contributed by atoms with Gasteiger partial charge in [0.1, 0.15) is 5.82 Å². The summed E-state index contributed by atoms with van der Waals surface area (Å²) in [5, 5.41) is 15.0. The summed E-state index contributed by atoms with van der Waals surface area (Å²) in [7, 11) is 0. The molecular weight excluding hydrogens is 281 g/mol. The van der Waals surface area contributed by atoms with Gasteiger partial charge in [0.2, 0.25) is 0 Å². The van der Waals surface area contributed by atoms with E-state index >= 15 is 0 Å². The summed E-state index contributed by atoms with van der Waals surface area (Å²) in [6.45, 7) is 7.06. The second-order valence-electron chi connectivity index (χ2n) is 5.07. The van der Waals surface area contributed by atoms with Crippen LogP contribution in [0.15, 0.2) is 18.2 Å². The highest BCUT2D eigenvalue weighted by Crippen LogP contribution is 2.20. The standard InChI is InChI=1S/C13H17ClFN5/c1-8(2)7-16-9(3)13-17-18-19-20(13)10-4-5-11(14)12(15)6-10/h4-6,8-9,16H,7H2,1-3H3. The molecule has 0 aliphatic carbocycles. The van der Waals surface area contributed by atoms with E-state index in [0.717, 1.165) is 6.54 Å². The van der Waals surface area contributed by atoms with Crippen molar-refractivity contribution in [2.24, 2.45) is 5.92 Å². The summed E-state index contributed by atoms with van der Waals surface area (Å²) >= 11 is 5.68. The van der Waals surface area contributed by atoms with Gasteiger partial charge < -0.3 is 5.32 Å². The average molecular weight is 298 g/mol. The SMILES string of the molecule is CC(C)CNC(C)c1nnnn1-c1ccc(Cl)c(F)c1. The van der Waals surface area contributed by atoms with Crippen molar-refractivity contribution in [3.05, 3.63) is 34.9 Å². The molecule has 1 atom stereocenters. The molecule has 0 bridgehead atoms. The van der Waals surface area contributed by atoms with Crippen molar-refractivity contribution in [1.82, 2.24) is 25.5 Å². The summed E-state index contributed by atoms with van der Waals surface area (Å²) in [6.07, 6.45) is 0. The predicted molar refractivity (Wildman–Crippen MR) is 75.4 cm³/mol. The quantitative estimate of drug-likeness (QED) is 0.922. The average Bonchev–Trinajstić information content (AvgIpc) is 2.88. The van der Waals surface area contributed by atoms with E-state index in [1.54, 1.807) is 6.07 Å². The molecule has 0 radical (unpaired) electrons. The Hall–Kier alpha value is -1.53. The van der Waals surface area contributed by atoms with Crippen molar-refractivity contribution in [3.63, 3.8) is 0 Å². The number of rotatable bonds is 5. The van der Waals surface area contributed by atoms with Crippen molar-refractivity contribution >= 4 is 11.6 Å². The summed E-state index contributed by atoms with van der Waals surface area (Å²) in [6, 6.07) is 4.45. The van der Waals surface area contributed by atoms with E-state index in [4.69, 9.17) is 11.6 Å². The Balaban J connectivity index is 2.25. The molecule has 0 aliphatic heterocycles. The Morgan fingerprint density at radius 3 is 2.75 bits per heavy atom. The van der Waals surface area contributed by atoms with Crippen LogP contribution in [0.4, 0.5) is 4.39 Å². The molecule has 7 heteroatoms. The number of nitrogens with one attached hydrogen (secondary N) is 1. The number of benzene rings is 1. The first kappa shape index (κ1) is 14.9. The molecule has 1 aromatic carbocycles. The fourth-order valence-electron chi connectivity index (χ4n) is 1.77. The lowest BCUT2D eigenvalue weighted by atomic mass is 10.2. The highest BCUT2D eigenvalue weighted by atomic mass is 35.5. The summed E-state index contributed by atoms with van der Waals surface area (Å²) in [5.41, 5.74) is 0.546. The molecule has 1 heterocycles. The number of aromatic nitrogens is 4. The topological polar surface area (TPSA) is 55.6 Å². The first-order valence-electron chi connectivity index (χ1n) is 6.46. The van der Waals surface area contributed by atoms with Crippen LogP contribution in [0.25, 0.3) is 5.69 Å². The minimum Gasteiger partial charge on any atom is -0.307 e. The number of nitrogens with zero attached hydrogens (tertiary/aromatic N) is 4. The van der Waals surface area contributed by atoms with Gasteiger partial charge in [-0.05, 0) is 41.9 Å². The van der Waals surface area contributed by atoms with Crippen LogP contribution in [-0.2, 0) is 0 Å². The van der Waals surface area contributed by atoms with Gasteiger partial charge in [-0.15, -0.1) is 5.10 Å². The molecule has 20 heavy (non-hydrogen) atoms. The van der Waals surface area contributed by atoms with Crippen LogP contribution in [0.1, 0.15) is 32.6 Å². The summed E-state index contributed by atoms with van der Waals surface area (Å²) in [5.74, 6) is 0.663. The molecule has 1 unspecified atom stereocenters. The van der Waals surface area contributed by atoms with Gasteiger partial charge in [0.15, 0.2) is 5.82 Å². The third kappa shape index (κ3) is 3.32. The fourth-order valence-corrected chi connectivity index (χ4v) is 1.89. The van der Waals surface area contributed by atoms with E-state index in [2.05, 4.69) is 34.7 Å².